The molecule has 0 bridgehead atoms. The Hall–Kier alpha value is -1.23. The van der Waals surface area contributed by atoms with E-state index in [4.69, 9.17) is 10.00 Å². The molecule has 1 unspecified atom stereocenters. The van der Waals surface area contributed by atoms with E-state index in [0.717, 1.165) is 0 Å². The van der Waals surface area contributed by atoms with Gasteiger partial charge in [0.05, 0.1) is 13.2 Å². The van der Waals surface area contributed by atoms with E-state index in [-0.39, 0.29) is 5.92 Å². The van der Waals surface area contributed by atoms with Gasteiger partial charge in [-0.05, 0) is 13.0 Å². The second-order valence-electron chi connectivity index (χ2n) is 1.86. The van der Waals surface area contributed by atoms with Crippen LogP contribution in [0.4, 0.5) is 0 Å². The molecule has 0 N–H and O–H groups in total. The molecular weight excluding hydrogens is 126 g/mol. The summed E-state index contributed by atoms with van der Waals surface area (Å²) >= 11 is 0. The van der Waals surface area contributed by atoms with Gasteiger partial charge in [0.2, 0.25) is 0 Å². The first-order chi connectivity index (χ1) is 4.76. The predicted octanol–water partition coefficient (Wildman–Crippen LogP) is 1.86. The van der Waals surface area contributed by atoms with E-state index in [0.29, 0.717) is 5.76 Å². The number of nitriles is 1. The molecule has 2 heteroatoms. The van der Waals surface area contributed by atoms with Gasteiger partial charge < -0.3 is 4.74 Å². The summed E-state index contributed by atoms with van der Waals surface area (Å²) in [6.07, 6.45) is 3.29. The summed E-state index contributed by atoms with van der Waals surface area (Å²) < 4.78 is 4.91. The number of allylic oxidation sites excluding steroid dienone is 3. The monoisotopic (exact) mass is 137 g/mol. The van der Waals surface area contributed by atoms with Gasteiger partial charge in [0.1, 0.15) is 11.7 Å². The zero-order valence-corrected chi connectivity index (χ0v) is 6.29. The van der Waals surface area contributed by atoms with Gasteiger partial charge >= 0.3 is 0 Å². The van der Waals surface area contributed by atoms with Gasteiger partial charge in [-0.15, -0.1) is 0 Å². The van der Waals surface area contributed by atoms with Crippen molar-refractivity contribution in [1.82, 2.24) is 0 Å². The smallest absolute Gasteiger partial charge is 0.112 e. The molecule has 0 spiro atoms. The van der Waals surface area contributed by atoms with Crippen molar-refractivity contribution in [3.63, 3.8) is 0 Å². The molecule has 1 atom stereocenters. The van der Waals surface area contributed by atoms with Crippen molar-refractivity contribution in [2.24, 2.45) is 5.92 Å². The summed E-state index contributed by atoms with van der Waals surface area (Å²) in [5, 5.41) is 8.46. The van der Waals surface area contributed by atoms with Gasteiger partial charge in [-0.1, -0.05) is 12.7 Å². The van der Waals surface area contributed by atoms with Gasteiger partial charge in [-0.2, -0.15) is 5.26 Å². The Kier molecular flexibility index (Phi) is 4.06. The maximum atomic E-state index is 8.46. The van der Waals surface area contributed by atoms with Crippen LogP contribution in [-0.2, 0) is 4.74 Å². The molecule has 0 aliphatic heterocycles. The van der Waals surface area contributed by atoms with Crippen LogP contribution in [0.3, 0.4) is 0 Å². The van der Waals surface area contributed by atoms with Crippen LogP contribution >= 0.6 is 0 Å². The van der Waals surface area contributed by atoms with Crippen LogP contribution in [0, 0.1) is 17.2 Å². The van der Waals surface area contributed by atoms with Crippen LogP contribution in [0.1, 0.15) is 6.92 Å². The minimum atomic E-state index is -0.192. The first kappa shape index (κ1) is 8.77. The standard InChI is InChI=1S/C8H11NO/c1-4-5-8(10-3)7(2)6-9/h4-5,7H,1H2,2-3H3/b8-5+. The molecule has 0 fully saturated rings. The normalized spacial score (nSPS) is 13.5. The Morgan fingerprint density at radius 3 is 2.70 bits per heavy atom. The predicted molar refractivity (Wildman–Crippen MR) is 40.1 cm³/mol. The lowest BCUT2D eigenvalue weighted by Gasteiger charge is -2.05. The zero-order valence-electron chi connectivity index (χ0n) is 6.29. The second-order valence-corrected chi connectivity index (χ2v) is 1.86. The molecule has 0 amide bonds. The number of ether oxygens (including phenoxy) is 1. The number of nitrogens with zero attached hydrogens (tertiary/aromatic N) is 1. The van der Waals surface area contributed by atoms with Crippen LogP contribution in [0.15, 0.2) is 24.5 Å². The van der Waals surface area contributed by atoms with Crippen LogP contribution in [0.2, 0.25) is 0 Å². The highest BCUT2D eigenvalue weighted by atomic mass is 16.5. The number of methoxy groups -OCH3 is 1. The molecule has 54 valence electrons. The molecule has 0 aromatic carbocycles. The molecular formula is C8H11NO. The highest BCUT2D eigenvalue weighted by Gasteiger charge is 2.04. The Morgan fingerprint density at radius 2 is 2.40 bits per heavy atom. The van der Waals surface area contributed by atoms with Crippen LogP contribution in [-0.4, -0.2) is 7.11 Å². The fourth-order valence-corrected chi connectivity index (χ4v) is 0.569. The molecule has 0 aliphatic rings. The fraction of sp³-hybridized carbons (Fsp3) is 0.375. The zero-order chi connectivity index (χ0) is 7.98. The van der Waals surface area contributed by atoms with Gasteiger partial charge in [0.25, 0.3) is 0 Å². The maximum Gasteiger partial charge on any atom is 0.112 e. The molecule has 0 saturated carbocycles. The van der Waals surface area contributed by atoms with Crippen molar-refractivity contribution < 1.29 is 4.74 Å². The largest absolute Gasteiger partial charge is 0.500 e. The lowest BCUT2D eigenvalue weighted by molar-refractivity contribution is 0.264. The molecule has 0 aliphatic carbocycles. The maximum absolute atomic E-state index is 8.46. The minimum absolute atomic E-state index is 0.192. The van der Waals surface area contributed by atoms with Crippen LogP contribution in [0.5, 0.6) is 0 Å². The first-order valence-corrected chi connectivity index (χ1v) is 3.02. The molecule has 0 aromatic rings. The highest BCUT2D eigenvalue weighted by Crippen LogP contribution is 2.08. The molecule has 0 radical (unpaired) electrons. The van der Waals surface area contributed by atoms with Crippen molar-refractivity contribution in [3.05, 3.63) is 24.5 Å². The Morgan fingerprint density at radius 1 is 1.80 bits per heavy atom. The topological polar surface area (TPSA) is 33.0 Å². The quantitative estimate of drug-likeness (QED) is 0.439. The summed E-state index contributed by atoms with van der Waals surface area (Å²) in [7, 11) is 1.54. The SMILES string of the molecule is C=C/C=C(/OC)C(C)C#N. The minimum Gasteiger partial charge on any atom is -0.500 e. The fourth-order valence-electron chi connectivity index (χ4n) is 0.569. The van der Waals surface area contributed by atoms with Gasteiger partial charge in [-0.3, -0.25) is 0 Å². The molecule has 0 aromatic heterocycles. The van der Waals surface area contributed by atoms with Crippen LogP contribution in [0.25, 0.3) is 0 Å². The van der Waals surface area contributed by atoms with Gasteiger partial charge in [0, 0.05) is 0 Å². The van der Waals surface area contributed by atoms with Crippen molar-refractivity contribution >= 4 is 0 Å². The van der Waals surface area contributed by atoms with Crippen LogP contribution < -0.4 is 0 Å². The Bertz CT molecular complexity index is 176. The molecule has 2 nitrogen and oxygen atoms in total. The van der Waals surface area contributed by atoms with Gasteiger partial charge in [0.15, 0.2) is 0 Å². The van der Waals surface area contributed by atoms with Crippen molar-refractivity contribution in [3.8, 4) is 6.07 Å². The highest BCUT2D eigenvalue weighted by molar-refractivity contribution is 5.12. The summed E-state index contributed by atoms with van der Waals surface area (Å²) in [5.74, 6) is 0.459. The van der Waals surface area contributed by atoms with Crippen molar-refractivity contribution in [1.29, 1.82) is 5.26 Å². The molecule has 0 rings (SSSR count). The average Bonchev–Trinajstić information content (AvgIpc) is 1.99. The second kappa shape index (κ2) is 4.63. The number of hydrogen-bond acceptors (Lipinski definition) is 2. The van der Waals surface area contributed by atoms with E-state index in [9.17, 15) is 0 Å². The number of rotatable bonds is 3. The summed E-state index contributed by atoms with van der Waals surface area (Å²) in [6, 6.07) is 2.06. The number of hydrogen-bond donors (Lipinski definition) is 0. The summed E-state index contributed by atoms with van der Waals surface area (Å²) in [5.41, 5.74) is 0. The average molecular weight is 137 g/mol. The Labute approximate surface area is 61.4 Å². The summed E-state index contributed by atoms with van der Waals surface area (Å²) in [4.78, 5) is 0. The Balaban J connectivity index is 4.22. The third-order valence-electron chi connectivity index (χ3n) is 1.14. The third kappa shape index (κ3) is 2.36. The van der Waals surface area contributed by atoms with E-state index in [1.165, 1.54) is 0 Å². The van der Waals surface area contributed by atoms with Crippen molar-refractivity contribution in [2.75, 3.05) is 7.11 Å². The van der Waals surface area contributed by atoms with E-state index < -0.39 is 0 Å². The lowest BCUT2D eigenvalue weighted by Crippen LogP contribution is -1.97. The van der Waals surface area contributed by atoms with Gasteiger partial charge in [-0.25, -0.2) is 0 Å². The van der Waals surface area contributed by atoms with E-state index in [1.54, 1.807) is 26.2 Å². The molecule has 10 heavy (non-hydrogen) atoms. The van der Waals surface area contributed by atoms with E-state index in [1.807, 2.05) is 0 Å². The third-order valence-corrected chi connectivity index (χ3v) is 1.14. The first-order valence-electron chi connectivity index (χ1n) is 3.02. The molecule has 0 heterocycles. The lowest BCUT2D eigenvalue weighted by atomic mass is 10.1. The van der Waals surface area contributed by atoms with E-state index in [2.05, 4.69) is 12.6 Å². The van der Waals surface area contributed by atoms with E-state index >= 15 is 0 Å². The summed E-state index contributed by atoms with van der Waals surface area (Å²) in [6.45, 7) is 5.28. The molecule has 0 saturated heterocycles. The van der Waals surface area contributed by atoms with Crippen molar-refractivity contribution in [2.45, 2.75) is 6.92 Å².